The van der Waals surface area contributed by atoms with Gasteiger partial charge in [0.2, 0.25) is 0 Å². The van der Waals surface area contributed by atoms with Crippen molar-refractivity contribution in [1.82, 2.24) is 0 Å². The number of epoxide rings is 1. The van der Waals surface area contributed by atoms with Crippen molar-refractivity contribution in [2.75, 3.05) is 6.61 Å². The van der Waals surface area contributed by atoms with Crippen LogP contribution in [-0.2, 0) is 16.9 Å². The molecule has 1 atom stereocenters. The molecule has 0 aromatic heterocycles. The van der Waals surface area contributed by atoms with Gasteiger partial charge in [-0.2, -0.15) is 0 Å². The number of hydrogen-bond acceptors (Lipinski definition) is 2. The molecule has 2 aliphatic rings. The van der Waals surface area contributed by atoms with Crippen molar-refractivity contribution in [3.05, 3.63) is 64.7 Å². The Morgan fingerprint density at radius 3 is 2.60 bits per heavy atom. The molecule has 4 rings (SSSR count). The maximum atomic E-state index is 6.01. The number of benzene rings is 2. The first-order valence-electron chi connectivity index (χ1n) is 7.20. The molecule has 0 N–H and O–H groups in total. The Balaban J connectivity index is 1.93. The highest BCUT2D eigenvalue weighted by molar-refractivity contribution is 5.54. The Hall–Kier alpha value is -1.80. The summed E-state index contributed by atoms with van der Waals surface area (Å²) in [7, 11) is 0. The van der Waals surface area contributed by atoms with Gasteiger partial charge in [-0.25, -0.2) is 0 Å². The lowest BCUT2D eigenvalue weighted by Gasteiger charge is -2.16. The second-order valence-corrected chi connectivity index (χ2v) is 5.97. The van der Waals surface area contributed by atoms with Crippen LogP contribution in [0.1, 0.15) is 42.0 Å². The Morgan fingerprint density at radius 2 is 1.85 bits per heavy atom. The van der Waals surface area contributed by atoms with E-state index in [1.807, 2.05) is 0 Å². The van der Waals surface area contributed by atoms with Crippen LogP contribution in [0.3, 0.4) is 0 Å². The molecule has 0 bridgehead atoms. The predicted molar refractivity (Wildman–Crippen MR) is 78.0 cm³/mol. The van der Waals surface area contributed by atoms with Crippen LogP contribution in [0.2, 0.25) is 0 Å². The molecular weight excluding hydrogens is 248 g/mol. The van der Waals surface area contributed by atoms with Gasteiger partial charge in [0.25, 0.3) is 0 Å². The minimum Gasteiger partial charge on any atom is -0.488 e. The zero-order valence-corrected chi connectivity index (χ0v) is 11.8. The van der Waals surface area contributed by atoms with Crippen molar-refractivity contribution < 1.29 is 9.47 Å². The first kappa shape index (κ1) is 12.0. The largest absolute Gasteiger partial charge is 0.488 e. The van der Waals surface area contributed by atoms with Crippen LogP contribution in [0.4, 0.5) is 0 Å². The van der Waals surface area contributed by atoms with E-state index in [0.29, 0.717) is 12.5 Å². The van der Waals surface area contributed by atoms with Crippen LogP contribution in [0.15, 0.2) is 42.5 Å². The number of hydrogen-bond donors (Lipinski definition) is 0. The molecule has 102 valence electrons. The summed E-state index contributed by atoms with van der Waals surface area (Å²) in [6.45, 7) is 5.80. The zero-order chi connectivity index (χ0) is 13.7. The third-order valence-corrected chi connectivity index (χ3v) is 4.37. The van der Waals surface area contributed by atoms with E-state index in [1.165, 1.54) is 22.3 Å². The van der Waals surface area contributed by atoms with Gasteiger partial charge in [-0.05, 0) is 34.7 Å². The third-order valence-electron chi connectivity index (χ3n) is 4.37. The summed E-state index contributed by atoms with van der Waals surface area (Å²) in [6.07, 6.45) is 0. The minimum atomic E-state index is -0.271. The maximum Gasteiger partial charge on any atom is 0.145 e. The van der Waals surface area contributed by atoms with Crippen molar-refractivity contribution in [3.63, 3.8) is 0 Å². The van der Waals surface area contributed by atoms with E-state index in [-0.39, 0.29) is 5.60 Å². The van der Waals surface area contributed by atoms with Crippen LogP contribution >= 0.6 is 0 Å². The number of rotatable bonds is 1. The molecule has 2 aliphatic heterocycles. The summed E-state index contributed by atoms with van der Waals surface area (Å²) in [6, 6.07) is 15.0. The van der Waals surface area contributed by atoms with E-state index in [9.17, 15) is 0 Å². The summed E-state index contributed by atoms with van der Waals surface area (Å²) >= 11 is 0. The Bertz CT molecular complexity index is 669. The second-order valence-electron chi connectivity index (χ2n) is 5.97. The molecule has 1 fully saturated rings. The van der Waals surface area contributed by atoms with Gasteiger partial charge in [-0.1, -0.05) is 44.2 Å². The molecule has 2 heterocycles. The summed E-state index contributed by atoms with van der Waals surface area (Å²) < 4.78 is 11.9. The van der Waals surface area contributed by atoms with Gasteiger partial charge in [0.05, 0.1) is 6.61 Å². The number of ether oxygens (including phenoxy) is 2. The average Bonchev–Trinajstić information content (AvgIpc) is 3.27. The highest BCUT2D eigenvalue weighted by Gasteiger charge is 2.52. The first-order valence-corrected chi connectivity index (χ1v) is 7.20. The molecular formula is C18H18O2. The SMILES string of the molecule is CC(C)c1ccc2c(c1)C1(CO1)c1ccccc1CO2. The van der Waals surface area contributed by atoms with Gasteiger partial charge >= 0.3 is 0 Å². The van der Waals surface area contributed by atoms with E-state index in [4.69, 9.17) is 9.47 Å². The molecule has 2 heteroatoms. The van der Waals surface area contributed by atoms with Crippen LogP contribution in [0.5, 0.6) is 5.75 Å². The highest BCUT2D eigenvalue weighted by Crippen LogP contribution is 2.51. The zero-order valence-electron chi connectivity index (χ0n) is 11.8. The molecule has 1 unspecified atom stereocenters. The Kier molecular flexibility index (Phi) is 2.45. The van der Waals surface area contributed by atoms with Crippen molar-refractivity contribution in [1.29, 1.82) is 0 Å². The Labute approximate surface area is 119 Å². The lowest BCUT2D eigenvalue weighted by Crippen LogP contribution is -2.12. The van der Waals surface area contributed by atoms with E-state index < -0.39 is 0 Å². The van der Waals surface area contributed by atoms with E-state index in [2.05, 4.69) is 56.3 Å². The molecule has 2 aromatic rings. The minimum absolute atomic E-state index is 0.271. The summed E-state index contributed by atoms with van der Waals surface area (Å²) in [4.78, 5) is 0. The van der Waals surface area contributed by atoms with Crippen molar-refractivity contribution in [2.45, 2.75) is 32.0 Å². The fourth-order valence-electron chi connectivity index (χ4n) is 3.07. The third kappa shape index (κ3) is 1.61. The molecule has 1 saturated heterocycles. The van der Waals surface area contributed by atoms with Gasteiger partial charge in [0.1, 0.15) is 18.0 Å². The van der Waals surface area contributed by atoms with Crippen molar-refractivity contribution in [2.24, 2.45) is 0 Å². The quantitative estimate of drug-likeness (QED) is 0.728. The molecule has 20 heavy (non-hydrogen) atoms. The summed E-state index contributed by atoms with van der Waals surface area (Å²) in [5, 5.41) is 0. The van der Waals surface area contributed by atoms with E-state index in [1.54, 1.807) is 0 Å². The van der Waals surface area contributed by atoms with Crippen molar-refractivity contribution in [3.8, 4) is 5.75 Å². The molecule has 2 nitrogen and oxygen atoms in total. The van der Waals surface area contributed by atoms with Gasteiger partial charge < -0.3 is 9.47 Å². The molecule has 2 aromatic carbocycles. The second kappa shape index (κ2) is 4.10. The predicted octanol–water partition coefficient (Wildman–Crippen LogP) is 3.98. The van der Waals surface area contributed by atoms with Crippen LogP contribution in [-0.4, -0.2) is 6.61 Å². The van der Waals surface area contributed by atoms with Gasteiger partial charge in [0.15, 0.2) is 0 Å². The molecule has 0 amide bonds. The lowest BCUT2D eigenvalue weighted by molar-refractivity contribution is 0.303. The fraction of sp³-hybridized carbons (Fsp3) is 0.333. The van der Waals surface area contributed by atoms with Crippen LogP contribution in [0, 0.1) is 0 Å². The molecule has 0 radical (unpaired) electrons. The van der Waals surface area contributed by atoms with Crippen molar-refractivity contribution >= 4 is 0 Å². The topological polar surface area (TPSA) is 21.8 Å². The van der Waals surface area contributed by atoms with Gasteiger partial charge in [0, 0.05) is 5.56 Å². The fourth-order valence-corrected chi connectivity index (χ4v) is 3.07. The first-order chi connectivity index (χ1) is 9.71. The average molecular weight is 266 g/mol. The highest BCUT2D eigenvalue weighted by atomic mass is 16.6. The normalized spacial score (nSPS) is 22.9. The van der Waals surface area contributed by atoms with Crippen LogP contribution in [0.25, 0.3) is 0 Å². The maximum absolute atomic E-state index is 6.01. The van der Waals surface area contributed by atoms with Gasteiger partial charge in [-0.3, -0.25) is 0 Å². The van der Waals surface area contributed by atoms with Gasteiger partial charge in [-0.15, -0.1) is 0 Å². The molecule has 1 spiro atoms. The summed E-state index contributed by atoms with van der Waals surface area (Å²) in [5.74, 6) is 1.47. The smallest absolute Gasteiger partial charge is 0.145 e. The molecule has 0 aliphatic carbocycles. The van der Waals surface area contributed by atoms with E-state index in [0.717, 1.165) is 12.4 Å². The Morgan fingerprint density at radius 1 is 1.05 bits per heavy atom. The van der Waals surface area contributed by atoms with E-state index >= 15 is 0 Å². The monoisotopic (exact) mass is 266 g/mol. The molecule has 0 saturated carbocycles. The standard InChI is InChI=1S/C18H18O2/c1-12(2)13-7-8-17-16(9-13)18(11-20-18)15-6-4-3-5-14(15)10-19-17/h3-9,12H,10-11H2,1-2H3. The summed E-state index contributed by atoms with van der Waals surface area (Å²) in [5.41, 5.74) is 4.75. The number of fused-ring (bicyclic) bond motifs is 4. The lowest BCUT2D eigenvalue weighted by atomic mass is 9.87. The van der Waals surface area contributed by atoms with Crippen LogP contribution < -0.4 is 4.74 Å².